The van der Waals surface area contributed by atoms with Gasteiger partial charge in [-0.2, -0.15) is 0 Å². The quantitative estimate of drug-likeness (QED) is 0.256. The summed E-state index contributed by atoms with van der Waals surface area (Å²) in [6, 6.07) is 36.9. The van der Waals surface area contributed by atoms with Gasteiger partial charge in [0.1, 0.15) is 0 Å². The fourth-order valence-corrected chi connectivity index (χ4v) is 12.2. The maximum Gasteiger partial charge on any atom is 0.173 e. The van der Waals surface area contributed by atoms with Crippen LogP contribution in [0.5, 0.6) is 0 Å². The lowest BCUT2D eigenvalue weighted by Gasteiger charge is -2.30. The molecule has 0 fully saturated rings. The van der Waals surface area contributed by atoms with E-state index in [0.717, 1.165) is 54.0 Å². The third-order valence-electron chi connectivity index (χ3n) is 6.71. The van der Waals surface area contributed by atoms with Crippen molar-refractivity contribution in [2.45, 2.75) is 0 Å². The molecule has 6 aromatic rings. The summed E-state index contributed by atoms with van der Waals surface area (Å²) in [7, 11) is -4.11. The van der Waals surface area contributed by atoms with E-state index in [1.165, 1.54) is 0 Å². The number of hydrogen-bond donors (Lipinski definition) is 0. The van der Waals surface area contributed by atoms with Crippen molar-refractivity contribution in [3.63, 3.8) is 0 Å². The van der Waals surface area contributed by atoms with Crippen LogP contribution in [-0.2, 0) is 4.57 Å². The number of benzene rings is 4. The maximum atomic E-state index is 15.6. The van der Waals surface area contributed by atoms with E-state index in [0.29, 0.717) is 0 Å². The van der Waals surface area contributed by atoms with Gasteiger partial charge in [-0.3, -0.25) is 4.98 Å². The second-order valence-electron chi connectivity index (χ2n) is 8.64. The van der Waals surface area contributed by atoms with Crippen molar-refractivity contribution < 1.29 is 4.57 Å². The van der Waals surface area contributed by atoms with Crippen LogP contribution in [-0.4, -0.2) is 9.97 Å². The van der Waals surface area contributed by atoms with Crippen LogP contribution in [0.4, 0.5) is 0 Å². The Hall–Kier alpha value is -3.77. The lowest BCUT2D eigenvalue weighted by atomic mass is 10.1. The van der Waals surface area contributed by atoms with Crippen molar-refractivity contribution in [2.75, 3.05) is 0 Å². The largest absolute Gasteiger partial charge is 0.309 e. The molecular formula is C30H20N2OP2. The number of pyridine rings is 1. The topological polar surface area (TPSA) is 42.9 Å². The van der Waals surface area contributed by atoms with E-state index in [-0.39, 0.29) is 0 Å². The van der Waals surface area contributed by atoms with E-state index >= 15 is 4.57 Å². The first-order valence-corrected chi connectivity index (χ1v) is 14.6. The average Bonchev–Trinajstić information content (AvgIpc) is 3.33. The van der Waals surface area contributed by atoms with E-state index < -0.39 is 14.7 Å². The highest BCUT2D eigenvalue weighted by atomic mass is 31.2. The Kier molecular flexibility index (Phi) is 4.64. The molecule has 2 unspecified atom stereocenters. The van der Waals surface area contributed by atoms with Crippen molar-refractivity contribution in [2.24, 2.45) is 0 Å². The van der Waals surface area contributed by atoms with Crippen LogP contribution in [0.3, 0.4) is 0 Å². The van der Waals surface area contributed by atoms with Gasteiger partial charge in [0.05, 0.1) is 10.9 Å². The highest BCUT2D eigenvalue weighted by Crippen LogP contribution is 2.63. The second kappa shape index (κ2) is 7.89. The van der Waals surface area contributed by atoms with Gasteiger partial charge in [0.15, 0.2) is 7.14 Å². The minimum atomic E-state index is -3.17. The van der Waals surface area contributed by atoms with E-state index in [1.54, 1.807) is 12.4 Å². The summed E-state index contributed by atoms with van der Waals surface area (Å²) in [5.74, 6) is 0. The molecule has 0 N–H and O–H groups in total. The molecule has 0 saturated heterocycles. The molecule has 0 amide bonds. The molecule has 7 rings (SSSR count). The highest BCUT2D eigenvalue weighted by Gasteiger charge is 2.41. The van der Waals surface area contributed by atoms with Gasteiger partial charge in [-0.15, -0.1) is 0 Å². The molecular weight excluding hydrogens is 466 g/mol. The lowest BCUT2D eigenvalue weighted by molar-refractivity contribution is 0.592. The van der Waals surface area contributed by atoms with Crippen LogP contribution in [0.1, 0.15) is 0 Å². The summed E-state index contributed by atoms with van der Waals surface area (Å²) in [4.78, 5) is 9.37. The maximum absolute atomic E-state index is 15.6. The van der Waals surface area contributed by atoms with E-state index in [9.17, 15) is 0 Å². The first kappa shape index (κ1) is 20.6. The van der Waals surface area contributed by atoms with Crippen molar-refractivity contribution in [3.05, 3.63) is 122 Å². The number of rotatable bonds is 3. The molecule has 0 bridgehead atoms. The van der Waals surface area contributed by atoms with Gasteiger partial charge in [-0.1, -0.05) is 86.4 Å². The zero-order valence-corrected chi connectivity index (χ0v) is 20.5. The number of fused-ring (bicyclic) bond motifs is 2. The monoisotopic (exact) mass is 486 g/mol. The molecule has 0 saturated carbocycles. The molecule has 0 spiro atoms. The zero-order valence-electron chi connectivity index (χ0n) is 18.7. The minimum absolute atomic E-state index is 0.860. The third kappa shape index (κ3) is 2.96. The van der Waals surface area contributed by atoms with Crippen LogP contribution >= 0.6 is 14.7 Å². The summed E-state index contributed by atoms with van der Waals surface area (Å²) in [6.07, 6.45) is 3.60. The van der Waals surface area contributed by atoms with Gasteiger partial charge in [-0.25, -0.2) is 4.98 Å². The van der Waals surface area contributed by atoms with Crippen molar-refractivity contribution in [3.8, 4) is 27.4 Å². The zero-order chi connectivity index (χ0) is 23.4. The summed E-state index contributed by atoms with van der Waals surface area (Å²) in [6.45, 7) is 0. The van der Waals surface area contributed by atoms with Gasteiger partial charge >= 0.3 is 0 Å². The molecule has 3 heterocycles. The van der Waals surface area contributed by atoms with Gasteiger partial charge in [0.2, 0.25) is 0 Å². The molecule has 4 aromatic carbocycles. The van der Waals surface area contributed by atoms with Gasteiger partial charge in [0, 0.05) is 44.3 Å². The summed E-state index contributed by atoms with van der Waals surface area (Å²) < 4.78 is 15.6. The average molecular weight is 486 g/mol. The normalized spacial score (nSPS) is 16.7. The summed E-state index contributed by atoms with van der Waals surface area (Å²) >= 11 is 0. The van der Waals surface area contributed by atoms with Crippen LogP contribution < -0.4 is 15.9 Å². The Labute approximate surface area is 204 Å². The smallest absolute Gasteiger partial charge is 0.173 e. The fraction of sp³-hybridized carbons (Fsp3) is 0. The van der Waals surface area contributed by atoms with Crippen LogP contribution in [0.2, 0.25) is 0 Å². The third-order valence-corrected chi connectivity index (χ3v) is 12.8. The van der Waals surface area contributed by atoms with Crippen molar-refractivity contribution in [1.82, 2.24) is 9.97 Å². The SMILES string of the molecule is O=P1(c2ccccc2)c2c(-c3ccncc3)cccc2-p2c(-c3ccccc3)nc3cccc1c32. The predicted octanol–water partition coefficient (Wildman–Crippen LogP) is 6.89. The fourth-order valence-electron chi connectivity index (χ4n) is 5.21. The van der Waals surface area contributed by atoms with Crippen molar-refractivity contribution >= 4 is 41.2 Å². The van der Waals surface area contributed by atoms with Crippen molar-refractivity contribution in [1.29, 1.82) is 0 Å². The molecule has 1 aliphatic heterocycles. The molecule has 2 aromatic heterocycles. The van der Waals surface area contributed by atoms with E-state index in [4.69, 9.17) is 4.98 Å². The molecule has 5 heteroatoms. The standard InChI is InChI=1S/C30H20N2OP2/c33-35(23-11-5-2-6-12-23)27-16-8-14-25-28(27)34(30(32-25)22-9-3-1-4-10-22)26-15-7-13-24(29(26)35)21-17-19-31-20-18-21/h1-20H. The number of aromatic nitrogens is 2. The molecule has 166 valence electrons. The Morgan fingerprint density at radius 3 is 2.14 bits per heavy atom. The Bertz CT molecular complexity index is 1760. The van der Waals surface area contributed by atoms with Gasteiger partial charge in [0.25, 0.3) is 0 Å². The first-order valence-electron chi connectivity index (χ1n) is 11.5. The molecule has 0 radical (unpaired) electrons. The highest BCUT2D eigenvalue weighted by molar-refractivity contribution is 7.90. The predicted molar refractivity (Wildman–Crippen MR) is 147 cm³/mol. The first-order chi connectivity index (χ1) is 17.3. The summed E-state index contributed by atoms with van der Waals surface area (Å²) in [5.41, 5.74) is 5.19. The second-order valence-corrected chi connectivity index (χ2v) is 13.3. The molecule has 3 nitrogen and oxygen atoms in total. The minimum Gasteiger partial charge on any atom is -0.309 e. The van der Waals surface area contributed by atoms with Crippen LogP contribution in [0, 0.1) is 0 Å². The number of nitrogens with zero attached hydrogens (tertiary/aromatic N) is 2. The molecule has 2 atom stereocenters. The molecule has 35 heavy (non-hydrogen) atoms. The molecule has 1 aliphatic rings. The van der Waals surface area contributed by atoms with Gasteiger partial charge in [-0.05, 0) is 41.5 Å². The van der Waals surface area contributed by atoms with Gasteiger partial charge < -0.3 is 4.57 Å². The van der Waals surface area contributed by atoms with Crippen LogP contribution in [0.15, 0.2) is 122 Å². The lowest BCUT2D eigenvalue weighted by Crippen LogP contribution is -2.29. The van der Waals surface area contributed by atoms with Crippen LogP contribution in [0.25, 0.3) is 38.1 Å². The Morgan fingerprint density at radius 2 is 1.37 bits per heavy atom. The summed E-state index contributed by atoms with van der Waals surface area (Å²) in [5, 5.41) is 5.02. The Morgan fingerprint density at radius 1 is 0.657 bits per heavy atom. The Balaban J connectivity index is 1.69. The number of hydrogen-bond acceptors (Lipinski definition) is 3. The van der Waals surface area contributed by atoms with E-state index in [2.05, 4.69) is 59.6 Å². The van der Waals surface area contributed by atoms with E-state index in [1.807, 2.05) is 54.6 Å². The molecule has 0 aliphatic carbocycles.